The van der Waals surface area contributed by atoms with Gasteiger partial charge in [-0.15, -0.1) is 0 Å². The molecule has 1 aromatic carbocycles. The van der Waals surface area contributed by atoms with Crippen molar-refractivity contribution in [3.05, 3.63) is 29.8 Å². The van der Waals surface area contributed by atoms with Gasteiger partial charge >= 0.3 is 0 Å². The highest BCUT2D eigenvalue weighted by Crippen LogP contribution is 2.22. The van der Waals surface area contributed by atoms with Crippen molar-refractivity contribution < 1.29 is 4.74 Å². The van der Waals surface area contributed by atoms with Crippen LogP contribution in [0.15, 0.2) is 24.3 Å². The predicted molar refractivity (Wildman–Crippen MR) is 85.3 cm³/mol. The zero-order valence-corrected chi connectivity index (χ0v) is 13.2. The minimum atomic E-state index is 0.677. The van der Waals surface area contributed by atoms with E-state index in [9.17, 15) is 0 Å². The molecule has 0 saturated carbocycles. The molecule has 2 atom stereocenters. The lowest BCUT2D eigenvalue weighted by atomic mass is 9.88. The summed E-state index contributed by atoms with van der Waals surface area (Å²) in [7, 11) is 0. The number of unbranched alkanes of at least 4 members (excludes halogenated alkanes) is 1. The molecule has 0 amide bonds. The quantitative estimate of drug-likeness (QED) is 0.748. The Morgan fingerprint density at radius 3 is 2.62 bits per heavy atom. The Morgan fingerprint density at radius 1 is 1.19 bits per heavy atom. The monoisotopic (exact) mass is 286 g/mol. The van der Waals surface area contributed by atoms with Crippen LogP contribution in [0.3, 0.4) is 0 Å². The van der Waals surface area contributed by atoms with E-state index in [4.69, 9.17) is 10.00 Å². The van der Waals surface area contributed by atoms with Gasteiger partial charge in [0.25, 0.3) is 0 Å². The molecule has 1 aliphatic rings. The van der Waals surface area contributed by atoms with E-state index in [1.165, 1.54) is 32.5 Å². The van der Waals surface area contributed by atoms with Crippen molar-refractivity contribution >= 4 is 0 Å². The Balaban J connectivity index is 1.58. The minimum Gasteiger partial charge on any atom is -0.494 e. The summed E-state index contributed by atoms with van der Waals surface area (Å²) in [5.74, 6) is 2.56. The van der Waals surface area contributed by atoms with Gasteiger partial charge in [0.05, 0.1) is 18.2 Å². The third-order valence-electron chi connectivity index (χ3n) is 4.54. The van der Waals surface area contributed by atoms with E-state index in [2.05, 4.69) is 24.8 Å². The molecule has 1 fully saturated rings. The second-order valence-corrected chi connectivity index (χ2v) is 6.24. The molecule has 114 valence electrons. The van der Waals surface area contributed by atoms with E-state index in [0.717, 1.165) is 30.6 Å². The molecule has 0 radical (unpaired) electrons. The molecule has 0 aliphatic carbocycles. The van der Waals surface area contributed by atoms with Crippen molar-refractivity contribution in [2.75, 3.05) is 26.2 Å². The van der Waals surface area contributed by atoms with Crippen molar-refractivity contribution in [2.45, 2.75) is 33.1 Å². The minimum absolute atomic E-state index is 0.677. The molecule has 21 heavy (non-hydrogen) atoms. The normalized spacial score (nSPS) is 22.7. The Bertz CT molecular complexity index is 463. The van der Waals surface area contributed by atoms with Crippen LogP contribution < -0.4 is 4.74 Å². The molecular weight excluding hydrogens is 260 g/mol. The summed E-state index contributed by atoms with van der Waals surface area (Å²) in [5.41, 5.74) is 0.677. The van der Waals surface area contributed by atoms with Crippen LogP contribution in [-0.2, 0) is 0 Å². The van der Waals surface area contributed by atoms with Crippen molar-refractivity contribution in [1.82, 2.24) is 4.90 Å². The SMILES string of the molecule is C[C@@H]1CN(CCCCOc2ccc(C#N)cc2)CC[C@@H]1C. The third-order valence-corrected chi connectivity index (χ3v) is 4.54. The number of nitrogens with zero attached hydrogens (tertiary/aromatic N) is 2. The predicted octanol–water partition coefficient (Wildman–Crippen LogP) is 3.70. The van der Waals surface area contributed by atoms with Crippen LogP contribution in [-0.4, -0.2) is 31.1 Å². The van der Waals surface area contributed by atoms with Crippen LogP contribution in [0, 0.1) is 23.2 Å². The molecule has 0 N–H and O–H groups in total. The number of nitriles is 1. The average molecular weight is 286 g/mol. The molecule has 2 rings (SSSR count). The first kappa shape index (κ1) is 15.9. The molecule has 3 heteroatoms. The molecule has 1 heterocycles. The Hall–Kier alpha value is -1.53. The number of rotatable bonds is 6. The van der Waals surface area contributed by atoms with Crippen LogP contribution in [0.1, 0.15) is 38.7 Å². The largest absolute Gasteiger partial charge is 0.494 e. The lowest BCUT2D eigenvalue weighted by molar-refractivity contribution is 0.134. The summed E-state index contributed by atoms with van der Waals surface area (Å²) in [6.45, 7) is 9.18. The summed E-state index contributed by atoms with van der Waals surface area (Å²) < 4.78 is 5.71. The summed E-state index contributed by atoms with van der Waals surface area (Å²) in [4.78, 5) is 2.59. The first-order valence-corrected chi connectivity index (χ1v) is 8.04. The Kier molecular flexibility index (Phi) is 6.07. The summed E-state index contributed by atoms with van der Waals surface area (Å²) >= 11 is 0. The second-order valence-electron chi connectivity index (χ2n) is 6.24. The average Bonchev–Trinajstić information content (AvgIpc) is 2.51. The van der Waals surface area contributed by atoms with Gasteiger partial charge in [0.15, 0.2) is 0 Å². The molecule has 1 aromatic rings. The van der Waals surface area contributed by atoms with Crippen LogP contribution in [0.5, 0.6) is 5.75 Å². The van der Waals surface area contributed by atoms with Crippen LogP contribution >= 0.6 is 0 Å². The maximum atomic E-state index is 8.74. The highest BCUT2D eigenvalue weighted by atomic mass is 16.5. The zero-order chi connectivity index (χ0) is 15.1. The van der Waals surface area contributed by atoms with Crippen molar-refractivity contribution in [3.8, 4) is 11.8 Å². The number of ether oxygens (including phenoxy) is 1. The van der Waals surface area contributed by atoms with Gasteiger partial charge in [-0.3, -0.25) is 0 Å². The first-order chi connectivity index (χ1) is 10.2. The third kappa shape index (κ3) is 5.06. The zero-order valence-electron chi connectivity index (χ0n) is 13.2. The van der Waals surface area contributed by atoms with Crippen LogP contribution in [0.2, 0.25) is 0 Å². The lowest BCUT2D eigenvalue weighted by Crippen LogP contribution is -2.38. The van der Waals surface area contributed by atoms with E-state index >= 15 is 0 Å². The molecule has 0 spiro atoms. The highest BCUT2D eigenvalue weighted by molar-refractivity contribution is 5.34. The van der Waals surface area contributed by atoms with Crippen LogP contribution in [0.25, 0.3) is 0 Å². The molecule has 0 unspecified atom stereocenters. The maximum absolute atomic E-state index is 8.74. The number of hydrogen-bond acceptors (Lipinski definition) is 3. The van der Waals surface area contributed by atoms with Gasteiger partial charge in [0.1, 0.15) is 5.75 Å². The summed E-state index contributed by atoms with van der Waals surface area (Å²) in [5, 5.41) is 8.74. The van der Waals surface area contributed by atoms with Gasteiger partial charge in [0.2, 0.25) is 0 Å². The molecule has 1 aliphatic heterocycles. The fourth-order valence-corrected chi connectivity index (χ4v) is 2.81. The number of likely N-dealkylation sites (tertiary alicyclic amines) is 1. The lowest BCUT2D eigenvalue weighted by Gasteiger charge is -2.35. The Morgan fingerprint density at radius 2 is 1.95 bits per heavy atom. The van der Waals surface area contributed by atoms with E-state index < -0.39 is 0 Å². The maximum Gasteiger partial charge on any atom is 0.119 e. The van der Waals surface area contributed by atoms with Gasteiger partial charge in [-0.2, -0.15) is 5.26 Å². The molecule has 3 nitrogen and oxygen atoms in total. The number of benzene rings is 1. The molecule has 0 aromatic heterocycles. The fraction of sp³-hybridized carbons (Fsp3) is 0.611. The van der Waals surface area contributed by atoms with E-state index in [-0.39, 0.29) is 0 Å². The van der Waals surface area contributed by atoms with Gasteiger partial charge < -0.3 is 9.64 Å². The standard InChI is InChI=1S/C18H26N2O/c1-15-9-11-20(14-16(15)2)10-3-4-12-21-18-7-5-17(13-19)6-8-18/h5-8,15-16H,3-4,9-12,14H2,1-2H3/t15-,16+/m0/s1. The van der Waals surface area contributed by atoms with E-state index in [1.54, 1.807) is 12.1 Å². The van der Waals surface area contributed by atoms with Crippen molar-refractivity contribution in [1.29, 1.82) is 5.26 Å². The molecular formula is C18H26N2O. The topological polar surface area (TPSA) is 36.3 Å². The smallest absolute Gasteiger partial charge is 0.119 e. The van der Waals surface area contributed by atoms with Gasteiger partial charge in [-0.25, -0.2) is 0 Å². The number of hydrogen-bond donors (Lipinski definition) is 0. The fourth-order valence-electron chi connectivity index (χ4n) is 2.81. The van der Waals surface area contributed by atoms with Gasteiger partial charge in [-0.1, -0.05) is 13.8 Å². The van der Waals surface area contributed by atoms with Gasteiger partial charge in [-0.05, 0) is 68.5 Å². The Labute approximate surface area is 128 Å². The van der Waals surface area contributed by atoms with E-state index in [0.29, 0.717) is 5.56 Å². The van der Waals surface area contributed by atoms with E-state index in [1.807, 2.05) is 12.1 Å². The molecule has 0 bridgehead atoms. The summed E-state index contributed by atoms with van der Waals surface area (Å²) in [6.07, 6.45) is 3.61. The summed E-state index contributed by atoms with van der Waals surface area (Å²) in [6, 6.07) is 9.44. The van der Waals surface area contributed by atoms with Crippen molar-refractivity contribution in [3.63, 3.8) is 0 Å². The second kappa shape index (κ2) is 8.05. The molecule has 1 saturated heterocycles. The highest BCUT2D eigenvalue weighted by Gasteiger charge is 2.21. The van der Waals surface area contributed by atoms with Crippen molar-refractivity contribution in [2.24, 2.45) is 11.8 Å². The number of piperidine rings is 1. The van der Waals surface area contributed by atoms with Crippen LogP contribution in [0.4, 0.5) is 0 Å². The first-order valence-electron chi connectivity index (χ1n) is 8.04. The van der Waals surface area contributed by atoms with Gasteiger partial charge in [0, 0.05) is 6.54 Å².